The first-order valence-electron chi connectivity index (χ1n) is 6.71. The number of rotatable bonds is 3. The number of ether oxygens (including phenoxy) is 1. The smallest absolute Gasteiger partial charge is 0.244 e. The van der Waals surface area contributed by atoms with Crippen LogP contribution in [0.3, 0.4) is 0 Å². The minimum Gasteiger partial charge on any atom is -0.376 e. The molecule has 0 aromatic carbocycles. The fourth-order valence-electron chi connectivity index (χ4n) is 3.01. The van der Waals surface area contributed by atoms with E-state index in [1.165, 1.54) is 0 Å². The van der Waals surface area contributed by atoms with Crippen molar-refractivity contribution in [1.29, 1.82) is 0 Å². The fraction of sp³-hybridized carbons (Fsp3) is 0.923. The van der Waals surface area contributed by atoms with Gasteiger partial charge in [0, 0.05) is 6.61 Å². The van der Waals surface area contributed by atoms with E-state index in [-0.39, 0.29) is 24.2 Å². The Balaban J connectivity index is 2.12. The molecule has 2 fully saturated rings. The van der Waals surface area contributed by atoms with Crippen LogP contribution in [0.5, 0.6) is 0 Å². The minimum atomic E-state index is -0.397. The van der Waals surface area contributed by atoms with Gasteiger partial charge in [0.25, 0.3) is 0 Å². The van der Waals surface area contributed by atoms with Crippen molar-refractivity contribution in [3.05, 3.63) is 0 Å². The van der Waals surface area contributed by atoms with Crippen molar-refractivity contribution >= 4 is 5.91 Å². The summed E-state index contributed by atoms with van der Waals surface area (Å²) in [7, 11) is 0. The molecule has 4 nitrogen and oxygen atoms in total. The highest BCUT2D eigenvalue weighted by atomic mass is 16.5. The van der Waals surface area contributed by atoms with Crippen LogP contribution < -0.4 is 5.32 Å². The molecule has 0 saturated carbocycles. The quantitative estimate of drug-likeness (QED) is 0.813. The predicted molar refractivity (Wildman–Crippen MR) is 66.6 cm³/mol. The van der Waals surface area contributed by atoms with Gasteiger partial charge in [0.15, 0.2) is 0 Å². The molecule has 4 atom stereocenters. The average molecular weight is 240 g/mol. The van der Waals surface area contributed by atoms with E-state index in [2.05, 4.69) is 26.1 Å². The molecule has 2 aliphatic rings. The lowest BCUT2D eigenvalue weighted by atomic mass is 9.98. The maximum absolute atomic E-state index is 12.5. The van der Waals surface area contributed by atoms with Gasteiger partial charge in [-0.1, -0.05) is 6.92 Å². The minimum absolute atomic E-state index is 0.103. The Kier molecular flexibility index (Phi) is 3.46. The molecule has 1 amide bonds. The van der Waals surface area contributed by atoms with Gasteiger partial charge >= 0.3 is 0 Å². The first-order valence-corrected chi connectivity index (χ1v) is 6.71. The zero-order chi connectivity index (χ0) is 12.6. The van der Waals surface area contributed by atoms with Crippen LogP contribution in [0.4, 0.5) is 0 Å². The fourth-order valence-corrected chi connectivity index (χ4v) is 3.01. The van der Waals surface area contributed by atoms with Crippen molar-refractivity contribution in [2.45, 2.75) is 70.8 Å². The summed E-state index contributed by atoms with van der Waals surface area (Å²) in [6, 6.07) is 0.167. The number of carbonyl (C=O) groups excluding carboxylic acids is 1. The number of nitrogens with one attached hydrogen (secondary N) is 1. The van der Waals surface area contributed by atoms with Crippen LogP contribution in [-0.4, -0.2) is 41.3 Å². The second kappa shape index (κ2) is 4.58. The Labute approximate surface area is 104 Å². The number of amides is 1. The standard InChI is InChI=1S/C13H24N2O2/c1-5-13(4)12(16)15(10(3)14-13)9(2)11-7-6-8-17-11/h9-11,14H,5-8H2,1-4H3. The largest absolute Gasteiger partial charge is 0.376 e. The zero-order valence-electron chi connectivity index (χ0n) is 11.3. The Hall–Kier alpha value is -0.610. The highest BCUT2D eigenvalue weighted by molar-refractivity contribution is 5.88. The van der Waals surface area contributed by atoms with Crippen LogP contribution in [0.25, 0.3) is 0 Å². The number of hydrogen-bond acceptors (Lipinski definition) is 3. The summed E-state index contributed by atoms with van der Waals surface area (Å²) in [6.07, 6.45) is 3.32. The normalized spacial score (nSPS) is 40.0. The molecular formula is C13H24N2O2. The monoisotopic (exact) mass is 240 g/mol. The molecule has 0 aromatic heterocycles. The van der Waals surface area contributed by atoms with Crippen molar-refractivity contribution in [3.63, 3.8) is 0 Å². The van der Waals surface area contributed by atoms with Gasteiger partial charge in [0.2, 0.25) is 5.91 Å². The van der Waals surface area contributed by atoms with Crippen LogP contribution in [0.1, 0.15) is 47.0 Å². The first-order chi connectivity index (χ1) is 7.99. The molecule has 0 aromatic rings. The van der Waals surface area contributed by atoms with Gasteiger partial charge in [0.1, 0.15) is 0 Å². The van der Waals surface area contributed by atoms with Crippen LogP contribution in [0.2, 0.25) is 0 Å². The van der Waals surface area contributed by atoms with Gasteiger partial charge in [-0.2, -0.15) is 0 Å². The van der Waals surface area contributed by atoms with Crippen molar-refractivity contribution < 1.29 is 9.53 Å². The summed E-state index contributed by atoms with van der Waals surface area (Å²) in [4.78, 5) is 14.4. The molecule has 0 aliphatic carbocycles. The summed E-state index contributed by atoms with van der Waals surface area (Å²) in [5.74, 6) is 0.218. The van der Waals surface area contributed by atoms with Crippen LogP contribution in [0.15, 0.2) is 0 Å². The van der Waals surface area contributed by atoms with Gasteiger partial charge in [-0.05, 0) is 40.0 Å². The lowest BCUT2D eigenvalue weighted by molar-refractivity contribution is -0.137. The molecule has 4 heteroatoms. The van der Waals surface area contributed by atoms with E-state index >= 15 is 0 Å². The Morgan fingerprint density at radius 3 is 2.82 bits per heavy atom. The molecule has 17 heavy (non-hydrogen) atoms. The van der Waals surface area contributed by atoms with Gasteiger partial charge in [-0.15, -0.1) is 0 Å². The lowest BCUT2D eigenvalue weighted by Gasteiger charge is -2.32. The van der Waals surface area contributed by atoms with Gasteiger partial charge in [-0.25, -0.2) is 0 Å². The van der Waals surface area contributed by atoms with Crippen molar-refractivity contribution in [2.75, 3.05) is 6.61 Å². The number of nitrogens with zero attached hydrogens (tertiary/aromatic N) is 1. The van der Waals surface area contributed by atoms with Crippen molar-refractivity contribution in [3.8, 4) is 0 Å². The maximum atomic E-state index is 12.5. The van der Waals surface area contributed by atoms with Crippen molar-refractivity contribution in [1.82, 2.24) is 10.2 Å². The summed E-state index contributed by atoms with van der Waals surface area (Å²) < 4.78 is 5.70. The van der Waals surface area contributed by atoms with E-state index in [4.69, 9.17) is 4.74 Å². The summed E-state index contributed by atoms with van der Waals surface area (Å²) in [5.41, 5.74) is -0.397. The third-order valence-corrected chi connectivity index (χ3v) is 4.30. The number of hydrogen-bond donors (Lipinski definition) is 1. The van der Waals surface area contributed by atoms with Crippen LogP contribution in [-0.2, 0) is 9.53 Å². The molecule has 2 saturated heterocycles. The summed E-state index contributed by atoms with van der Waals surface area (Å²) in [5, 5.41) is 3.40. The van der Waals surface area contributed by atoms with Crippen LogP contribution in [0, 0.1) is 0 Å². The SMILES string of the molecule is CCC1(C)NC(C)N(C(C)C2CCCO2)C1=O. The van der Waals surface area contributed by atoms with E-state index < -0.39 is 5.54 Å². The maximum Gasteiger partial charge on any atom is 0.244 e. The third kappa shape index (κ3) is 2.08. The van der Waals surface area contributed by atoms with E-state index in [1.54, 1.807) is 0 Å². The second-order valence-corrected chi connectivity index (χ2v) is 5.51. The third-order valence-electron chi connectivity index (χ3n) is 4.30. The van der Waals surface area contributed by atoms with E-state index in [1.807, 2.05) is 11.8 Å². The summed E-state index contributed by atoms with van der Waals surface area (Å²) >= 11 is 0. The molecule has 2 rings (SSSR count). The van der Waals surface area contributed by atoms with Crippen molar-refractivity contribution in [2.24, 2.45) is 0 Å². The predicted octanol–water partition coefficient (Wildman–Crippen LogP) is 1.50. The molecule has 98 valence electrons. The van der Waals surface area contributed by atoms with E-state index in [0.717, 1.165) is 25.9 Å². The molecular weight excluding hydrogens is 216 g/mol. The molecule has 0 bridgehead atoms. The summed E-state index contributed by atoms with van der Waals surface area (Å²) in [6.45, 7) is 9.05. The van der Waals surface area contributed by atoms with Crippen LogP contribution >= 0.6 is 0 Å². The molecule has 4 unspecified atom stereocenters. The van der Waals surface area contributed by atoms with Gasteiger partial charge in [0.05, 0.1) is 23.9 Å². The average Bonchev–Trinajstić information content (AvgIpc) is 2.88. The zero-order valence-corrected chi connectivity index (χ0v) is 11.3. The number of carbonyl (C=O) groups is 1. The molecule has 0 spiro atoms. The topological polar surface area (TPSA) is 41.6 Å². The van der Waals surface area contributed by atoms with Gasteiger partial charge < -0.3 is 9.64 Å². The van der Waals surface area contributed by atoms with Gasteiger partial charge in [-0.3, -0.25) is 10.1 Å². The Morgan fingerprint density at radius 1 is 1.65 bits per heavy atom. The molecule has 1 N–H and O–H groups in total. The first kappa shape index (κ1) is 12.8. The Morgan fingerprint density at radius 2 is 2.35 bits per heavy atom. The highest BCUT2D eigenvalue weighted by Crippen LogP contribution is 2.29. The lowest BCUT2D eigenvalue weighted by Crippen LogP contribution is -2.48. The molecule has 0 radical (unpaired) electrons. The Bertz CT molecular complexity index is 302. The molecule has 2 heterocycles. The molecule has 2 aliphatic heterocycles. The second-order valence-electron chi connectivity index (χ2n) is 5.51. The van der Waals surface area contributed by atoms with E-state index in [0.29, 0.717) is 0 Å². The van der Waals surface area contributed by atoms with E-state index in [9.17, 15) is 4.79 Å². The highest BCUT2D eigenvalue weighted by Gasteiger charge is 2.48.